The summed E-state index contributed by atoms with van der Waals surface area (Å²) in [7, 11) is 0. The molecule has 0 amide bonds. The second-order valence-corrected chi connectivity index (χ2v) is 4.56. The number of aliphatic imine (C=N–C) groups is 1. The third-order valence-electron chi connectivity index (χ3n) is 2.80. The highest BCUT2D eigenvalue weighted by Crippen LogP contribution is 2.08. The van der Waals surface area contributed by atoms with E-state index in [2.05, 4.69) is 56.0 Å². The fourth-order valence-electron chi connectivity index (χ4n) is 2.04. The highest BCUT2D eigenvalue weighted by molar-refractivity contribution is 5.98. The van der Waals surface area contributed by atoms with Crippen LogP contribution in [0.25, 0.3) is 0 Å². The summed E-state index contributed by atoms with van der Waals surface area (Å²) in [6.07, 6.45) is 3.43. The Labute approximate surface area is 112 Å². The van der Waals surface area contributed by atoms with Gasteiger partial charge >= 0.3 is 0 Å². The Morgan fingerprint density at radius 2 is 1.56 bits per heavy atom. The van der Waals surface area contributed by atoms with E-state index in [0.717, 1.165) is 38.9 Å². The second kappa shape index (κ2) is 8.73. The second-order valence-electron chi connectivity index (χ2n) is 4.56. The predicted octanol–water partition coefficient (Wildman–Crippen LogP) is 3.97. The van der Waals surface area contributed by atoms with Gasteiger partial charge in [-0.05, 0) is 19.3 Å². The van der Waals surface area contributed by atoms with Crippen LogP contribution in [-0.4, -0.2) is 30.4 Å². The summed E-state index contributed by atoms with van der Waals surface area (Å²) >= 11 is 0. The van der Waals surface area contributed by atoms with Crippen LogP contribution in [-0.2, 0) is 0 Å². The average Bonchev–Trinajstić information content (AvgIpc) is 2.41. The molecule has 0 saturated heterocycles. The third-order valence-corrected chi connectivity index (χ3v) is 2.80. The van der Waals surface area contributed by atoms with E-state index in [4.69, 9.17) is 4.99 Å². The molecule has 0 N–H and O–H groups in total. The number of amidine groups is 1. The summed E-state index contributed by atoms with van der Waals surface area (Å²) in [4.78, 5) is 7.21. The maximum absolute atomic E-state index is 4.79. The molecule has 0 unspecified atom stereocenters. The Balaban J connectivity index is 2.95. The molecule has 0 atom stereocenters. The molecule has 0 fully saturated rings. The van der Waals surface area contributed by atoms with E-state index < -0.39 is 0 Å². The van der Waals surface area contributed by atoms with E-state index in [-0.39, 0.29) is 0 Å². The third kappa shape index (κ3) is 4.52. The number of hydrogen-bond acceptors (Lipinski definition) is 1. The minimum Gasteiger partial charge on any atom is -0.356 e. The Morgan fingerprint density at radius 3 is 2.06 bits per heavy atom. The van der Waals surface area contributed by atoms with Crippen molar-refractivity contribution >= 4 is 5.84 Å². The molecule has 1 aromatic carbocycles. The largest absolute Gasteiger partial charge is 0.356 e. The van der Waals surface area contributed by atoms with Crippen LogP contribution in [0.1, 0.15) is 45.6 Å². The van der Waals surface area contributed by atoms with Crippen LogP contribution in [0.5, 0.6) is 0 Å². The quantitative estimate of drug-likeness (QED) is 0.525. The van der Waals surface area contributed by atoms with Crippen LogP contribution in [0.2, 0.25) is 0 Å². The van der Waals surface area contributed by atoms with Gasteiger partial charge in [0.2, 0.25) is 0 Å². The molecule has 0 bridgehead atoms. The van der Waals surface area contributed by atoms with Crippen molar-refractivity contribution in [2.45, 2.75) is 40.0 Å². The molecule has 0 aromatic heterocycles. The molecule has 1 aromatic rings. The molecular weight excluding hydrogens is 220 g/mol. The van der Waals surface area contributed by atoms with Crippen LogP contribution >= 0.6 is 0 Å². The summed E-state index contributed by atoms with van der Waals surface area (Å²) in [6.45, 7) is 9.72. The maximum Gasteiger partial charge on any atom is 0.130 e. The van der Waals surface area contributed by atoms with E-state index in [1.54, 1.807) is 0 Å². The highest BCUT2D eigenvalue weighted by Gasteiger charge is 2.11. The first-order valence-electron chi connectivity index (χ1n) is 7.18. The minimum absolute atomic E-state index is 0.911. The summed E-state index contributed by atoms with van der Waals surface area (Å²) in [6, 6.07) is 10.6. The zero-order valence-electron chi connectivity index (χ0n) is 12.0. The van der Waals surface area contributed by atoms with Crippen LogP contribution in [0.3, 0.4) is 0 Å². The van der Waals surface area contributed by atoms with Gasteiger partial charge in [0.1, 0.15) is 5.84 Å². The van der Waals surface area contributed by atoms with E-state index >= 15 is 0 Å². The fourth-order valence-corrected chi connectivity index (χ4v) is 2.04. The molecule has 0 spiro atoms. The summed E-state index contributed by atoms with van der Waals surface area (Å²) in [5.41, 5.74) is 1.24. The lowest BCUT2D eigenvalue weighted by atomic mass is 10.1. The highest BCUT2D eigenvalue weighted by atomic mass is 15.2. The smallest absolute Gasteiger partial charge is 0.130 e. The molecule has 18 heavy (non-hydrogen) atoms. The van der Waals surface area contributed by atoms with E-state index in [9.17, 15) is 0 Å². The van der Waals surface area contributed by atoms with Gasteiger partial charge < -0.3 is 4.90 Å². The fraction of sp³-hybridized carbons (Fsp3) is 0.562. The average molecular weight is 246 g/mol. The van der Waals surface area contributed by atoms with Crippen LogP contribution in [0.15, 0.2) is 35.3 Å². The number of rotatable bonds is 7. The molecule has 2 nitrogen and oxygen atoms in total. The SMILES string of the molecule is CCCN=C(c1ccccc1)N(CCC)CCC. The molecular formula is C16H26N2. The van der Waals surface area contributed by atoms with Gasteiger partial charge in [-0.15, -0.1) is 0 Å². The minimum atomic E-state index is 0.911. The van der Waals surface area contributed by atoms with Crippen LogP contribution < -0.4 is 0 Å². The van der Waals surface area contributed by atoms with E-state index in [0.29, 0.717) is 0 Å². The van der Waals surface area contributed by atoms with Crippen LogP contribution in [0.4, 0.5) is 0 Å². The van der Waals surface area contributed by atoms with Crippen molar-refractivity contribution in [3.63, 3.8) is 0 Å². The monoisotopic (exact) mass is 246 g/mol. The summed E-state index contributed by atoms with van der Waals surface area (Å²) in [5.74, 6) is 1.17. The topological polar surface area (TPSA) is 15.6 Å². The number of hydrogen-bond donors (Lipinski definition) is 0. The first-order valence-corrected chi connectivity index (χ1v) is 7.18. The van der Waals surface area contributed by atoms with Crippen molar-refractivity contribution < 1.29 is 0 Å². The van der Waals surface area contributed by atoms with Gasteiger partial charge in [0, 0.05) is 25.2 Å². The van der Waals surface area contributed by atoms with Gasteiger partial charge in [-0.2, -0.15) is 0 Å². The standard InChI is InChI=1S/C16H26N2/c1-4-12-17-16(15-10-8-7-9-11-15)18(13-5-2)14-6-3/h7-11H,4-6,12-14H2,1-3H3. The Hall–Kier alpha value is -1.31. The van der Waals surface area contributed by atoms with Gasteiger partial charge in [-0.3, -0.25) is 4.99 Å². The molecule has 0 aliphatic carbocycles. The maximum atomic E-state index is 4.79. The number of benzene rings is 1. The molecule has 0 aliphatic rings. The predicted molar refractivity (Wildman–Crippen MR) is 80.3 cm³/mol. The Kier molecular flexibility index (Phi) is 7.16. The lowest BCUT2D eigenvalue weighted by Gasteiger charge is -2.25. The zero-order valence-corrected chi connectivity index (χ0v) is 12.0. The van der Waals surface area contributed by atoms with Crippen molar-refractivity contribution in [1.82, 2.24) is 4.90 Å². The molecule has 1 rings (SSSR count). The van der Waals surface area contributed by atoms with Crippen molar-refractivity contribution in [3.05, 3.63) is 35.9 Å². The van der Waals surface area contributed by atoms with Crippen molar-refractivity contribution in [3.8, 4) is 0 Å². The molecule has 2 heteroatoms. The summed E-state index contributed by atoms with van der Waals surface area (Å²) in [5, 5.41) is 0. The summed E-state index contributed by atoms with van der Waals surface area (Å²) < 4.78 is 0. The van der Waals surface area contributed by atoms with Gasteiger partial charge in [0.15, 0.2) is 0 Å². The molecule has 0 saturated carbocycles. The van der Waals surface area contributed by atoms with E-state index in [1.807, 2.05) is 0 Å². The van der Waals surface area contributed by atoms with Crippen molar-refractivity contribution in [1.29, 1.82) is 0 Å². The molecule has 0 heterocycles. The van der Waals surface area contributed by atoms with Gasteiger partial charge in [0.05, 0.1) is 0 Å². The first-order chi connectivity index (χ1) is 8.83. The molecule has 100 valence electrons. The van der Waals surface area contributed by atoms with Crippen molar-refractivity contribution in [2.75, 3.05) is 19.6 Å². The molecule has 0 aliphatic heterocycles. The van der Waals surface area contributed by atoms with E-state index in [1.165, 1.54) is 11.4 Å². The Bertz CT molecular complexity index is 337. The van der Waals surface area contributed by atoms with Crippen LogP contribution in [0, 0.1) is 0 Å². The van der Waals surface area contributed by atoms with Gasteiger partial charge in [-0.1, -0.05) is 51.1 Å². The number of nitrogens with zero attached hydrogens (tertiary/aromatic N) is 2. The van der Waals surface area contributed by atoms with Gasteiger partial charge in [-0.25, -0.2) is 0 Å². The van der Waals surface area contributed by atoms with Crippen molar-refractivity contribution in [2.24, 2.45) is 4.99 Å². The normalized spacial score (nSPS) is 11.6. The zero-order chi connectivity index (χ0) is 13.2. The lowest BCUT2D eigenvalue weighted by Crippen LogP contribution is -2.33. The lowest BCUT2D eigenvalue weighted by molar-refractivity contribution is 0.416. The Morgan fingerprint density at radius 1 is 0.944 bits per heavy atom. The van der Waals surface area contributed by atoms with Gasteiger partial charge in [0.25, 0.3) is 0 Å². The first kappa shape index (κ1) is 14.7. The molecule has 0 radical (unpaired) electrons.